The van der Waals surface area contributed by atoms with Gasteiger partial charge in [-0.1, -0.05) is 6.07 Å². The standard InChI is InChI=1S/C11H17NO3/c1-9-10(12)3-2-4-11(9)15-8-7-14-6-5-13/h2-4,13H,5-8,12H2,1H3. The van der Waals surface area contributed by atoms with Gasteiger partial charge in [0.2, 0.25) is 0 Å². The Hall–Kier alpha value is -1.26. The number of hydrogen-bond acceptors (Lipinski definition) is 4. The summed E-state index contributed by atoms with van der Waals surface area (Å²) in [6, 6.07) is 5.56. The van der Waals surface area contributed by atoms with Crippen molar-refractivity contribution in [1.29, 1.82) is 0 Å². The highest BCUT2D eigenvalue weighted by Crippen LogP contribution is 2.22. The van der Waals surface area contributed by atoms with E-state index in [1.165, 1.54) is 0 Å². The van der Waals surface area contributed by atoms with Gasteiger partial charge in [-0.2, -0.15) is 0 Å². The second-order valence-electron chi connectivity index (χ2n) is 3.15. The fourth-order valence-corrected chi connectivity index (χ4v) is 1.16. The maximum absolute atomic E-state index is 8.48. The average molecular weight is 211 g/mol. The third-order valence-corrected chi connectivity index (χ3v) is 2.05. The van der Waals surface area contributed by atoms with Crippen molar-refractivity contribution in [3.8, 4) is 5.75 Å². The van der Waals surface area contributed by atoms with Gasteiger partial charge < -0.3 is 20.3 Å². The summed E-state index contributed by atoms with van der Waals surface area (Å²) in [7, 11) is 0. The third kappa shape index (κ3) is 3.77. The molecule has 0 fully saturated rings. The fraction of sp³-hybridized carbons (Fsp3) is 0.455. The van der Waals surface area contributed by atoms with Crippen LogP contribution >= 0.6 is 0 Å². The molecule has 1 aromatic rings. The molecular weight excluding hydrogens is 194 g/mol. The lowest BCUT2D eigenvalue weighted by atomic mass is 10.2. The second-order valence-corrected chi connectivity index (χ2v) is 3.15. The van der Waals surface area contributed by atoms with Crippen molar-refractivity contribution in [1.82, 2.24) is 0 Å². The molecule has 1 rings (SSSR count). The molecule has 0 bridgehead atoms. The number of hydrogen-bond donors (Lipinski definition) is 2. The van der Waals surface area contributed by atoms with Gasteiger partial charge in [-0.15, -0.1) is 0 Å². The smallest absolute Gasteiger partial charge is 0.124 e. The minimum atomic E-state index is 0.0390. The molecule has 15 heavy (non-hydrogen) atoms. The lowest BCUT2D eigenvalue weighted by molar-refractivity contribution is 0.0704. The summed E-state index contributed by atoms with van der Waals surface area (Å²) in [6.07, 6.45) is 0. The van der Waals surface area contributed by atoms with E-state index < -0.39 is 0 Å². The van der Waals surface area contributed by atoms with E-state index in [4.69, 9.17) is 20.3 Å². The molecule has 84 valence electrons. The van der Waals surface area contributed by atoms with E-state index in [1.807, 2.05) is 25.1 Å². The zero-order valence-electron chi connectivity index (χ0n) is 8.90. The van der Waals surface area contributed by atoms with Gasteiger partial charge in [0, 0.05) is 11.3 Å². The van der Waals surface area contributed by atoms with E-state index in [2.05, 4.69) is 0 Å². The maximum Gasteiger partial charge on any atom is 0.124 e. The van der Waals surface area contributed by atoms with Crippen LogP contribution in [-0.2, 0) is 4.74 Å². The number of nitrogens with two attached hydrogens (primary N) is 1. The molecule has 0 saturated carbocycles. The molecular formula is C11H17NO3. The summed E-state index contributed by atoms with van der Waals surface area (Å²) in [4.78, 5) is 0. The van der Waals surface area contributed by atoms with Gasteiger partial charge in [0.1, 0.15) is 12.4 Å². The zero-order chi connectivity index (χ0) is 11.1. The Labute approximate surface area is 89.6 Å². The Balaban J connectivity index is 2.34. The van der Waals surface area contributed by atoms with E-state index in [0.717, 1.165) is 17.0 Å². The summed E-state index contributed by atoms with van der Waals surface area (Å²) >= 11 is 0. The van der Waals surface area contributed by atoms with E-state index >= 15 is 0 Å². The van der Waals surface area contributed by atoms with Crippen molar-refractivity contribution >= 4 is 5.69 Å². The van der Waals surface area contributed by atoms with Gasteiger partial charge >= 0.3 is 0 Å². The van der Waals surface area contributed by atoms with Crippen LogP contribution in [0.4, 0.5) is 5.69 Å². The van der Waals surface area contributed by atoms with Crippen LogP contribution in [0.15, 0.2) is 18.2 Å². The van der Waals surface area contributed by atoms with Gasteiger partial charge in [-0.25, -0.2) is 0 Å². The predicted octanol–water partition coefficient (Wildman–Crippen LogP) is 0.965. The van der Waals surface area contributed by atoms with E-state index in [0.29, 0.717) is 19.8 Å². The van der Waals surface area contributed by atoms with Crippen molar-refractivity contribution in [2.45, 2.75) is 6.92 Å². The van der Waals surface area contributed by atoms with Crippen molar-refractivity contribution in [2.75, 3.05) is 32.2 Å². The minimum Gasteiger partial charge on any atom is -0.491 e. The highest BCUT2D eigenvalue weighted by molar-refractivity contribution is 5.53. The van der Waals surface area contributed by atoms with Gasteiger partial charge in [0.15, 0.2) is 0 Å². The average Bonchev–Trinajstić information content (AvgIpc) is 2.24. The number of ether oxygens (including phenoxy) is 2. The predicted molar refractivity (Wildman–Crippen MR) is 59.0 cm³/mol. The lowest BCUT2D eigenvalue weighted by Gasteiger charge is -2.10. The Morgan fingerprint density at radius 1 is 1.27 bits per heavy atom. The molecule has 0 unspecified atom stereocenters. The number of benzene rings is 1. The molecule has 0 aliphatic rings. The molecule has 0 aromatic heterocycles. The summed E-state index contributed by atoms with van der Waals surface area (Å²) in [5.74, 6) is 0.780. The second kappa shape index (κ2) is 6.27. The van der Waals surface area contributed by atoms with Gasteiger partial charge in [0.25, 0.3) is 0 Å². The highest BCUT2D eigenvalue weighted by atomic mass is 16.5. The van der Waals surface area contributed by atoms with Crippen molar-refractivity contribution in [2.24, 2.45) is 0 Å². The molecule has 0 amide bonds. The Morgan fingerprint density at radius 3 is 2.80 bits per heavy atom. The van der Waals surface area contributed by atoms with Gasteiger partial charge in [-0.3, -0.25) is 0 Å². The quantitative estimate of drug-likeness (QED) is 0.543. The molecule has 4 heteroatoms. The fourth-order valence-electron chi connectivity index (χ4n) is 1.16. The van der Waals surface area contributed by atoms with Crippen LogP contribution in [0.5, 0.6) is 5.75 Å². The first-order valence-electron chi connectivity index (χ1n) is 4.92. The first-order chi connectivity index (χ1) is 7.25. The van der Waals surface area contributed by atoms with Crippen LogP contribution in [0.25, 0.3) is 0 Å². The van der Waals surface area contributed by atoms with Crippen LogP contribution in [0, 0.1) is 6.92 Å². The van der Waals surface area contributed by atoms with Crippen LogP contribution in [0.2, 0.25) is 0 Å². The Bertz CT molecular complexity index is 302. The van der Waals surface area contributed by atoms with Crippen molar-refractivity contribution in [3.05, 3.63) is 23.8 Å². The van der Waals surface area contributed by atoms with Crippen LogP contribution < -0.4 is 10.5 Å². The lowest BCUT2D eigenvalue weighted by Crippen LogP contribution is -2.09. The summed E-state index contributed by atoms with van der Waals surface area (Å²) in [5.41, 5.74) is 7.40. The number of rotatable bonds is 6. The van der Waals surface area contributed by atoms with Crippen molar-refractivity contribution < 1.29 is 14.6 Å². The topological polar surface area (TPSA) is 64.7 Å². The van der Waals surface area contributed by atoms with E-state index in [1.54, 1.807) is 0 Å². The SMILES string of the molecule is Cc1c(N)cccc1OCCOCCO. The Morgan fingerprint density at radius 2 is 2.07 bits per heavy atom. The molecule has 0 aliphatic carbocycles. The summed E-state index contributed by atoms with van der Waals surface area (Å²) in [6.45, 7) is 3.23. The van der Waals surface area contributed by atoms with Crippen LogP contribution in [0.3, 0.4) is 0 Å². The molecule has 4 nitrogen and oxygen atoms in total. The molecule has 0 spiro atoms. The molecule has 0 radical (unpaired) electrons. The maximum atomic E-state index is 8.48. The monoisotopic (exact) mass is 211 g/mol. The van der Waals surface area contributed by atoms with Crippen molar-refractivity contribution in [3.63, 3.8) is 0 Å². The third-order valence-electron chi connectivity index (χ3n) is 2.05. The largest absolute Gasteiger partial charge is 0.491 e. The zero-order valence-corrected chi connectivity index (χ0v) is 8.90. The van der Waals surface area contributed by atoms with Gasteiger partial charge in [-0.05, 0) is 19.1 Å². The molecule has 0 saturated heterocycles. The van der Waals surface area contributed by atoms with E-state index in [-0.39, 0.29) is 6.61 Å². The minimum absolute atomic E-state index is 0.0390. The number of aliphatic hydroxyl groups excluding tert-OH is 1. The number of nitrogen functional groups attached to an aromatic ring is 1. The Kier molecular flexibility index (Phi) is 4.93. The van der Waals surface area contributed by atoms with E-state index in [9.17, 15) is 0 Å². The molecule has 0 aliphatic heterocycles. The molecule has 0 atom stereocenters. The summed E-state index contributed by atoms with van der Waals surface area (Å²) < 4.78 is 10.5. The number of anilines is 1. The van der Waals surface area contributed by atoms with Crippen LogP contribution in [-0.4, -0.2) is 31.5 Å². The molecule has 3 N–H and O–H groups in total. The first kappa shape index (κ1) is 11.8. The normalized spacial score (nSPS) is 10.3. The molecule has 0 heterocycles. The highest BCUT2D eigenvalue weighted by Gasteiger charge is 2.01. The van der Waals surface area contributed by atoms with Crippen LogP contribution in [0.1, 0.15) is 5.56 Å². The molecule has 1 aromatic carbocycles. The summed E-state index contributed by atoms with van der Waals surface area (Å²) in [5, 5.41) is 8.48. The van der Waals surface area contributed by atoms with Gasteiger partial charge in [0.05, 0.1) is 19.8 Å². The first-order valence-corrected chi connectivity index (χ1v) is 4.92. The number of aliphatic hydroxyl groups is 1.